The molecule has 13 rings (SSSR count). The summed E-state index contributed by atoms with van der Waals surface area (Å²) in [6, 6.07) is 40.1. The van der Waals surface area contributed by atoms with Gasteiger partial charge in [-0.3, -0.25) is 24.4 Å². The third-order valence-electron chi connectivity index (χ3n) is 19.5. The van der Waals surface area contributed by atoms with Gasteiger partial charge in [-0.25, -0.2) is 13.4 Å². The van der Waals surface area contributed by atoms with Crippen LogP contribution in [0.15, 0.2) is 189 Å². The first-order chi connectivity index (χ1) is 51.7. The van der Waals surface area contributed by atoms with Gasteiger partial charge < -0.3 is 76.0 Å². The van der Waals surface area contributed by atoms with Gasteiger partial charge in [-0.05, 0) is 162 Å². The van der Waals surface area contributed by atoms with Gasteiger partial charge in [-0.1, -0.05) is 81.3 Å². The number of nitrogens with zero attached hydrogens (tertiary/aromatic N) is 6. The molecule has 11 N–H and O–H groups in total. The molecule has 0 radical (unpaired) electrons. The number of piperazine rings is 1. The molecule has 1 amide bonds. The van der Waals surface area contributed by atoms with Crippen molar-refractivity contribution in [3.63, 3.8) is 0 Å². The van der Waals surface area contributed by atoms with Crippen LogP contribution in [0.2, 0.25) is 10.0 Å². The molecule has 9 atom stereocenters. The summed E-state index contributed by atoms with van der Waals surface area (Å²) in [5.74, 6) is -8.34. The summed E-state index contributed by atoms with van der Waals surface area (Å²) >= 11 is 12.2. The van der Waals surface area contributed by atoms with Crippen molar-refractivity contribution < 1.29 is 67.3 Å². The highest BCUT2D eigenvalue weighted by Crippen LogP contribution is 2.55. The molecule has 574 valence electrons. The molecular weight excluding hydrogens is 1450 g/mol. The van der Waals surface area contributed by atoms with Crippen LogP contribution in [-0.2, 0) is 33.6 Å². The van der Waals surface area contributed by atoms with E-state index in [2.05, 4.69) is 57.2 Å². The number of sulfone groups is 1. The number of Topliss-reactive ketones (excluding diaryl/α,β-unsaturated/α-hetero) is 1. The molecule has 1 saturated heterocycles. The monoisotopic (exact) mass is 1540 g/mol. The average molecular weight is 1540 g/mol. The number of likely N-dealkylation sites (N-methyl/N-ethyl adjacent to an activating group) is 1. The highest BCUT2D eigenvalue weighted by Gasteiger charge is 2.50. The first kappa shape index (κ1) is 81.0. The van der Waals surface area contributed by atoms with E-state index in [9.17, 15) is 48.3 Å². The van der Waals surface area contributed by atoms with Crippen molar-refractivity contribution in [1.82, 2.24) is 19.5 Å². The minimum Gasteiger partial charge on any atom is -0.507 e. The van der Waals surface area contributed by atoms with E-state index in [0.29, 0.717) is 34.5 Å². The van der Waals surface area contributed by atoms with Crippen molar-refractivity contribution in [2.24, 2.45) is 33.8 Å². The van der Waals surface area contributed by atoms with Crippen LogP contribution in [0.3, 0.4) is 0 Å². The number of halogens is 2. The number of hydrogen-bond acceptors (Lipinski definition) is 22. The zero-order chi connectivity index (χ0) is 79.1. The number of aliphatic hydroxyl groups is 2. The van der Waals surface area contributed by atoms with Gasteiger partial charge in [-0.15, -0.1) is 0 Å². The number of ketones is 1. The van der Waals surface area contributed by atoms with Crippen LogP contribution >= 0.6 is 23.2 Å². The number of anilines is 5. The molecule has 109 heavy (non-hydrogen) atoms. The van der Waals surface area contributed by atoms with Gasteiger partial charge in [0.1, 0.15) is 23.4 Å². The molecule has 7 aromatic rings. The summed E-state index contributed by atoms with van der Waals surface area (Å²) in [5, 5.41) is 72.6. The van der Waals surface area contributed by atoms with Gasteiger partial charge in [-0.2, -0.15) is 5.10 Å². The van der Waals surface area contributed by atoms with Crippen LogP contribution in [0.25, 0.3) is 38.9 Å². The van der Waals surface area contributed by atoms with E-state index >= 15 is 0 Å². The smallest absolute Gasteiger partial charge is 0.312 e. The number of nitrogens with two attached hydrogens (primary N) is 2. The Morgan fingerprint density at radius 1 is 0.789 bits per heavy atom. The molecule has 0 spiro atoms. The Morgan fingerprint density at radius 3 is 1.99 bits per heavy atom. The number of fused-ring (bicyclic) bond motifs is 16. The highest BCUT2D eigenvalue weighted by molar-refractivity contribution is 7.91. The number of aliphatic hydroxyl groups excluding tert-OH is 2. The van der Waals surface area contributed by atoms with E-state index in [-0.39, 0.29) is 60.3 Å². The highest BCUT2D eigenvalue weighted by atomic mass is 35.5. The molecule has 5 heterocycles. The molecule has 0 saturated carbocycles. The van der Waals surface area contributed by atoms with Gasteiger partial charge in [0.2, 0.25) is 9.84 Å². The Hall–Kier alpha value is -10.5. The lowest BCUT2D eigenvalue weighted by Gasteiger charge is -2.38. The summed E-state index contributed by atoms with van der Waals surface area (Å²) in [6.07, 6.45) is 4.86. The van der Waals surface area contributed by atoms with E-state index in [4.69, 9.17) is 63.6 Å². The van der Waals surface area contributed by atoms with Crippen LogP contribution in [0.1, 0.15) is 83.8 Å². The number of phenolic OH excluding ortho intramolecular Hbond substituents is 3. The zero-order valence-corrected chi connectivity index (χ0v) is 64.9. The van der Waals surface area contributed by atoms with Gasteiger partial charge in [0, 0.05) is 126 Å². The van der Waals surface area contributed by atoms with Crippen LogP contribution in [-0.4, -0.2) is 154 Å². The summed E-state index contributed by atoms with van der Waals surface area (Å²) in [6.45, 7) is 19.2. The largest absolute Gasteiger partial charge is 0.507 e. The Balaban J connectivity index is 0.000000208. The lowest BCUT2D eigenvalue weighted by Crippen LogP contribution is -2.46. The van der Waals surface area contributed by atoms with E-state index in [0.717, 1.165) is 57.9 Å². The van der Waals surface area contributed by atoms with Crippen LogP contribution in [0.4, 0.5) is 28.4 Å². The van der Waals surface area contributed by atoms with Crippen molar-refractivity contribution in [3.05, 3.63) is 202 Å². The predicted octanol–water partition coefficient (Wildman–Crippen LogP) is 13.5. The maximum absolute atomic E-state index is 14.4. The molecule has 6 aliphatic rings. The molecule has 1 aliphatic carbocycles. The number of aromatic nitrogens is 2. The third kappa shape index (κ3) is 18.1. The van der Waals surface area contributed by atoms with Crippen molar-refractivity contribution in [2.45, 2.75) is 115 Å². The summed E-state index contributed by atoms with van der Waals surface area (Å²) in [5.41, 5.74) is 18.3. The minimum atomic E-state index is -3.48. The Bertz CT molecular complexity index is 5080. The maximum Gasteiger partial charge on any atom is 0.312 e. The predicted molar refractivity (Wildman–Crippen MR) is 426 cm³/mol. The molecule has 7 aromatic carbocycles. The number of methoxy groups -OCH3 is 1. The van der Waals surface area contributed by atoms with Gasteiger partial charge >= 0.3 is 11.8 Å². The van der Waals surface area contributed by atoms with Gasteiger partial charge in [0.15, 0.2) is 5.75 Å². The van der Waals surface area contributed by atoms with Gasteiger partial charge in [0.05, 0.1) is 96.2 Å². The van der Waals surface area contributed by atoms with E-state index in [1.165, 1.54) is 83.7 Å². The Kier molecular flexibility index (Phi) is 25.6. The standard InChI is InChI=1S/C43H58N4O12.C27H22Cl2N4.C12H12N2O2S/c1-21-12-11-13-22(2)42(55)45-33-28(20-44-47-17-15-46(9)16-18-47)37(52)30-31(38(33)53)36(51)26(6)40-32(30)41(54)43(8,59-40)57-19-14-29(56-10)23(3)39(58-27(7)48)25(5)35(50)24(4)34(21)49;1-17(2)30-24-16-27-25(15-23(24)31-20-11-7-18(28)8-12-20)32-22-5-3-4-6-26(22)33(27)21-13-9-19(29)10-14-21;13-9-1-5-11(6-2-9)17(15,16)12-7-3-10(14)4-8-12/h11-14,19-21,23-25,29,34-35,39,49-53H,15-18H2,1-10H3,(H,45,55);3-17,31H,1-2H3;1-8H,13-14H2/b12-11+,19-14+,22-13-,44-20+;;/t21-,23+,24+,25+,29-,34-,35+,39+,43-;;/m0../s1. The summed E-state index contributed by atoms with van der Waals surface area (Å²) in [7, 11) is -0.0630. The van der Waals surface area contributed by atoms with E-state index < -0.39 is 98.6 Å². The topological polar surface area (TPSA) is 349 Å². The fourth-order valence-corrected chi connectivity index (χ4v) is 14.8. The second-order valence-corrected chi connectivity index (χ2v) is 30.7. The number of allylic oxidation sites excluding steroid dienone is 2. The molecule has 0 unspecified atom stereocenters. The lowest BCUT2D eigenvalue weighted by molar-refractivity contribution is -0.160. The Labute approximate surface area is 643 Å². The number of nitrogens with one attached hydrogen (secondary N) is 2. The first-order valence-electron chi connectivity index (χ1n) is 35.5. The number of benzene rings is 8. The number of phenols is 3. The van der Waals surface area contributed by atoms with E-state index in [1.807, 2.05) is 73.8 Å². The van der Waals surface area contributed by atoms with Crippen molar-refractivity contribution >= 4 is 107 Å². The number of carbonyl (C=O) groups is 3. The number of nitrogen functional groups attached to an aromatic ring is 2. The van der Waals surface area contributed by atoms with Gasteiger partial charge in [0.25, 0.3) is 11.7 Å². The molecule has 24 nitrogen and oxygen atoms in total. The average Bonchev–Trinajstić information content (AvgIpc) is 1.59. The van der Waals surface area contributed by atoms with Crippen LogP contribution in [0.5, 0.6) is 23.0 Å². The second-order valence-electron chi connectivity index (χ2n) is 27.9. The second kappa shape index (κ2) is 34.4. The fourth-order valence-electron chi connectivity index (χ4n) is 13.2. The molecule has 27 heteroatoms. The molecular formula is C82H92Cl2N10O14S. The Morgan fingerprint density at radius 2 is 1.39 bits per heavy atom. The van der Waals surface area contributed by atoms with Crippen molar-refractivity contribution in [3.8, 4) is 40.1 Å². The number of rotatable bonds is 10. The summed E-state index contributed by atoms with van der Waals surface area (Å²) < 4.78 is 50.2. The third-order valence-corrected chi connectivity index (χ3v) is 21.8. The quantitative estimate of drug-likeness (QED) is 0.0153. The first-order valence-corrected chi connectivity index (χ1v) is 37.7. The molecule has 5 bridgehead atoms. The number of amides is 1. The summed E-state index contributed by atoms with van der Waals surface area (Å²) in [4.78, 5) is 52.9. The number of esters is 1. The minimum absolute atomic E-state index is 0.0559. The normalized spacial score (nSPS) is 22.8. The fraction of sp³-hybridized carbons (Fsp3) is 0.317. The zero-order valence-electron chi connectivity index (χ0n) is 62.6. The number of aromatic hydroxyl groups is 3. The molecule has 1 fully saturated rings. The van der Waals surface area contributed by atoms with Crippen molar-refractivity contribution in [1.29, 1.82) is 0 Å². The number of ether oxygens (including phenoxy) is 4. The molecule has 5 aliphatic heterocycles. The lowest BCUT2D eigenvalue weighted by atomic mass is 9.78. The molecule has 0 aromatic heterocycles. The number of para-hydroxylation sites is 2. The maximum atomic E-state index is 14.4. The van der Waals surface area contributed by atoms with E-state index in [1.54, 1.807) is 69.1 Å². The van der Waals surface area contributed by atoms with Crippen LogP contribution in [0, 0.1) is 30.6 Å². The number of hydrogen-bond donors (Lipinski definition) is 9. The number of carbonyl (C=O) groups excluding carboxylic acids is 3. The number of hydrazone groups is 1. The van der Waals surface area contributed by atoms with Crippen LogP contribution < -0.4 is 32.2 Å². The van der Waals surface area contributed by atoms with Crippen molar-refractivity contribution in [2.75, 3.05) is 62.4 Å². The SMILES string of the molecule is CC(C)N=c1cc2n(-c3ccc(Cl)cc3)c3ccccc3nc-2cc1Nc1ccc(Cl)cc1.CO[C@H]1/C=C/O[C@@]2(C)Oc3c(C)c(O)c4c(O)c(c(/C=N/N5CCN(C)CC5)c(O)c4c3C2=O)NC(=O)/C(C)=C\C=C\[C@H](C)[C@H](O)[C@@H](C)[C@@H](O)[C@@H](C)[C@H](OC(C)=O)[C@@H]1C.Nc1ccc(S(=O)(=O)c2ccc(N)cc2)cc1.